The summed E-state index contributed by atoms with van der Waals surface area (Å²) in [5, 5.41) is 2.91. The smallest absolute Gasteiger partial charge is 0.226 e. The number of halogens is 1. The lowest BCUT2D eigenvalue weighted by Crippen LogP contribution is -2.54. The number of nitrogens with zero attached hydrogens (tertiary/aromatic N) is 2. The number of aryl methyl sites for hydroxylation is 1. The summed E-state index contributed by atoms with van der Waals surface area (Å²) >= 11 is 0. The lowest BCUT2D eigenvalue weighted by Gasteiger charge is -2.41. The number of anilines is 1. The topological polar surface area (TPSA) is 61.9 Å². The van der Waals surface area contributed by atoms with E-state index in [1.54, 1.807) is 13.2 Å². The van der Waals surface area contributed by atoms with Crippen molar-refractivity contribution in [1.29, 1.82) is 0 Å². The van der Waals surface area contributed by atoms with Gasteiger partial charge in [0.1, 0.15) is 11.6 Å². The van der Waals surface area contributed by atoms with Crippen LogP contribution in [0.1, 0.15) is 55.7 Å². The van der Waals surface area contributed by atoms with Crippen LogP contribution in [0.4, 0.5) is 10.1 Å². The molecule has 36 heavy (non-hydrogen) atoms. The molecule has 2 amide bonds. The van der Waals surface area contributed by atoms with Crippen LogP contribution in [-0.2, 0) is 22.6 Å². The van der Waals surface area contributed by atoms with Gasteiger partial charge in [0.25, 0.3) is 0 Å². The van der Waals surface area contributed by atoms with E-state index in [0.717, 1.165) is 61.2 Å². The Bertz CT molecular complexity index is 1080. The molecule has 4 rings (SSSR count). The number of piperazine rings is 1. The molecule has 194 valence electrons. The molecule has 1 aliphatic heterocycles. The average molecular weight is 496 g/mol. The van der Waals surface area contributed by atoms with Gasteiger partial charge in [0.15, 0.2) is 0 Å². The van der Waals surface area contributed by atoms with Crippen molar-refractivity contribution in [1.82, 2.24) is 9.80 Å². The molecule has 2 aromatic carbocycles. The third-order valence-corrected chi connectivity index (χ3v) is 7.62. The number of carbonyl (C=O) groups is 2. The summed E-state index contributed by atoms with van der Waals surface area (Å²) in [6.45, 7) is 6.85. The second-order valence-electron chi connectivity index (χ2n) is 10.2. The van der Waals surface area contributed by atoms with Crippen LogP contribution in [0.3, 0.4) is 0 Å². The van der Waals surface area contributed by atoms with Crippen LogP contribution in [0.2, 0.25) is 0 Å². The number of methoxy groups -OCH3 is 1. The van der Waals surface area contributed by atoms with Crippen LogP contribution < -0.4 is 10.1 Å². The summed E-state index contributed by atoms with van der Waals surface area (Å²) in [5.41, 5.74) is 3.27. The number of ether oxygens (including phenoxy) is 1. The lowest BCUT2D eigenvalue weighted by atomic mass is 10.0. The van der Waals surface area contributed by atoms with E-state index in [1.165, 1.54) is 6.07 Å². The van der Waals surface area contributed by atoms with E-state index >= 15 is 0 Å². The first-order valence-electron chi connectivity index (χ1n) is 13.1. The van der Waals surface area contributed by atoms with Gasteiger partial charge in [-0.1, -0.05) is 25.0 Å². The predicted octanol–water partition coefficient (Wildman–Crippen LogP) is 4.94. The van der Waals surface area contributed by atoms with Crippen molar-refractivity contribution in [2.75, 3.05) is 32.1 Å². The highest BCUT2D eigenvalue weighted by atomic mass is 19.1. The van der Waals surface area contributed by atoms with Crippen molar-refractivity contribution in [3.05, 3.63) is 58.9 Å². The molecular formula is C29H38FN3O3. The van der Waals surface area contributed by atoms with Crippen LogP contribution in [-0.4, -0.2) is 54.4 Å². The molecule has 1 saturated heterocycles. The molecule has 0 radical (unpaired) electrons. The average Bonchev–Trinajstić information content (AvgIpc) is 3.40. The fourth-order valence-corrected chi connectivity index (χ4v) is 5.48. The molecule has 1 heterocycles. The van der Waals surface area contributed by atoms with Crippen molar-refractivity contribution >= 4 is 17.5 Å². The maximum Gasteiger partial charge on any atom is 0.226 e. The minimum absolute atomic E-state index is 0.136. The molecule has 2 fully saturated rings. The fourth-order valence-electron chi connectivity index (χ4n) is 5.48. The zero-order chi connectivity index (χ0) is 25.7. The first-order valence-corrected chi connectivity index (χ1v) is 13.1. The maximum atomic E-state index is 14.5. The van der Waals surface area contributed by atoms with Crippen molar-refractivity contribution < 1.29 is 18.7 Å². The van der Waals surface area contributed by atoms with Crippen molar-refractivity contribution in [3.8, 4) is 5.75 Å². The number of benzene rings is 2. The van der Waals surface area contributed by atoms with E-state index in [1.807, 2.05) is 36.1 Å². The largest absolute Gasteiger partial charge is 0.497 e. The van der Waals surface area contributed by atoms with Crippen LogP contribution in [0.15, 0.2) is 36.4 Å². The molecular weight excluding hydrogens is 457 g/mol. The molecule has 7 heteroatoms. The number of nitrogens with one attached hydrogen (secondary N) is 1. The molecule has 2 aliphatic rings. The summed E-state index contributed by atoms with van der Waals surface area (Å²) < 4.78 is 19.8. The predicted molar refractivity (Wildman–Crippen MR) is 139 cm³/mol. The maximum absolute atomic E-state index is 14.5. The highest BCUT2D eigenvalue weighted by Gasteiger charge is 2.33. The number of rotatable bonds is 8. The Morgan fingerprint density at radius 1 is 1.14 bits per heavy atom. The fraction of sp³-hybridized carbons (Fsp3) is 0.517. The van der Waals surface area contributed by atoms with Crippen molar-refractivity contribution in [3.63, 3.8) is 0 Å². The Morgan fingerprint density at radius 3 is 2.64 bits per heavy atom. The molecule has 0 unspecified atom stereocenters. The van der Waals surface area contributed by atoms with Crippen LogP contribution in [0, 0.1) is 18.7 Å². The summed E-state index contributed by atoms with van der Waals surface area (Å²) in [6.07, 6.45) is 5.22. The van der Waals surface area contributed by atoms with E-state index in [-0.39, 0.29) is 23.7 Å². The molecule has 1 aliphatic carbocycles. The number of hydrogen-bond acceptors (Lipinski definition) is 4. The van der Waals surface area contributed by atoms with Gasteiger partial charge in [0, 0.05) is 50.2 Å². The Kier molecular flexibility index (Phi) is 8.62. The van der Waals surface area contributed by atoms with Crippen molar-refractivity contribution in [2.24, 2.45) is 5.92 Å². The molecule has 0 spiro atoms. The van der Waals surface area contributed by atoms with Gasteiger partial charge in [-0.15, -0.1) is 0 Å². The van der Waals surface area contributed by atoms with Crippen LogP contribution in [0.5, 0.6) is 5.75 Å². The molecule has 0 aromatic heterocycles. The lowest BCUT2D eigenvalue weighted by molar-refractivity contribution is -0.140. The van der Waals surface area contributed by atoms with Gasteiger partial charge in [-0.3, -0.25) is 14.5 Å². The highest BCUT2D eigenvalue weighted by Crippen LogP contribution is 2.29. The van der Waals surface area contributed by atoms with Gasteiger partial charge < -0.3 is 15.0 Å². The summed E-state index contributed by atoms with van der Waals surface area (Å²) in [6, 6.07) is 10.7. The standard InChI is InChI=1S/C29H38FN3O3/c1-20-18-32(13-14-33(20)29(35)23-8-4-5-9-23)19-24-16-25(30)17-27(21(24)2)31-28(34)12-11-22-7-6-10-26(15-22)36-3/h6-7,10,15-17,20,23H,4-5,8-9,11-14,18-19H2,1-3H3,(H,31,34)/t20-/m0/s1. The SMILES string of the molecule is COc1cccc(CCC(=O)Nc2cc(F)cc(CN3CCN(C(=O)C4CCCC4)[C@@H](C)C3)c2C)c1. The van der Waals surface area contributed by atoms with E-state index < -0.39 is 0 Å². The van der Waals surface area contributed by atoms with Crippen LogP contribution in [0.25, 0.3) is 0 Å². The van der Waals surface area contributed by atoms with E-state index in [2.05, 4.69) is 17.1 Å². The minimum Gasteiger partial charge on any atom is -0.497 e. The number of amides is 2. The van der Waals surface area contributed by atoms with E-state index in [4.69, 9.17) is 4.74 Å². The van der Waals surface area contributed by atoms with Gasteiger partial charge in [-0.25, -0.2) is 4.39 Å². The normalized spacial score (nSPS) is 18.9. The van der Waals surface area contributed by atoms with Gasteiger partial charge in [0.2, 0.25) is 11.8 Å². The Balaban J connectivity index is 1.35. The second kappa shape index (κ2) is 11.9. The third kappa shape index (κ3) is 6.44. The molecule has 6 nitrogen and oxygen atoms in total. The van der Waals surface area contributed by atoms with Crippen LogP contribution >= 0.6 is 0 Å². The van der Waals surface area contributed by atoms with Crippen molar-refractivity contribution in [2.45, 2.75) is 65.0 Å². The summed E-state index contributed by atoms with van der Waals surface area (Å²) in [4.78, 5) is 29.9. The first kappa shape index (κ1) is 26.1. The van der Waals surface area contributed by atoms with E-state index in [0.29, 0.717) is 37.5 Å². The van der Waals surface area contributed by atoms with Gasteiger partial charge in [0.05, 0.1) is 7.11 Å². The monoisotopic (exact) mass is 495 g/mol. The number of hydrogen-bond donors (Lipinski definition) is 1. The molecule has 1 N–H and O–H groups in total. The number of carbonyl (C=O) groups excluding carboxylic acids is 2. The minimum atomic E-state index is -0.359. The zero-order valence-corrected chi connectivity index (χ0v) is 21.7. The first-order chi connectivity index (χ1) is 17.3. The van der Waals surface area contributed by atoms with Gasteiger partial charge >= 0.3 is 0 Å². The third-order valence-electron chi connectivity index (χ3n) is 7.62. The highest BCUT2D eigenvalue weighted by molar-refractivity contribution is 5.91. The Labute approximate surface area is 213 Å². The van der Waals surface area contributed by atoms with Gasteiger partial charge in [-0.2, -0.15) is 0 Å². The molecule has 0 bridgehead atoms. The zero-order valence-electron chi connectivity index (χ0n) is 21.7. The molecule has 1 atom stereocenters. The van der Waals surface area contributed by atoms with E-state index in [9.17, 15) is 14.0 Å². The second-order valence-corrected chi connectivity index (χ2v) is 10.2. The summed E-state index contributed by atoms with van der Waals surface area (Å²) in [7, 11) is 1.62. The molecule has 1 saturated carbocycles. The van der Waals surface area contributed by atoms with Gasteiger partial charge in [-0.05, 0) is 74.1 Å². The molecule has 2 aromatic rings. The quantitative estimate of drug-likeness (QED) is 0.564. The Morgan fingerprint density at radius 2 is 1.92 bits per heavy atom. The Hall–Kier alpha value is -2.93. The summed E-state index contributed by atoms with van der Waals surface area (Å²) in [5.74, 6) is 0.753.